The van der Waals surface area contributed by atoms with Crippen molar-refractivity contribution in [3.05, 3.63) is 63.0 Å². The lowest BCUT2D eigenvalue weighted by Gasteiger charge is -2.30. The summed E-state index contributed by atoms with van der Waals surface area (Å²) in [5.41, 5.74) is 0.797. The Hall–Kier alpha value is -1.63. The van der Waals surface area contributed by atoms with Gasteiger partial charge in [-0.25, -0.2) is 0 Å². The highest BCUT2D eigenvalue weighted by molar-refractivity contribution is 9.10. The quantitative estimate of drug-likeness (QED) is 0.867. The van der Waals surface area contributed by atoms with Crippen LogP contribution in [-0.4, -0.2) is 24.9 Å². The molecule has 2 N–H and O–H groups in total. The number of hydrogen-bond donors (Lipinski definition) is 2. The first-order chi connectivity index (χ1) is 10.6. The lowest BCUT2D eigenvalue weighted by atomic mass is 9.90. The molecule has 1 atom stereocenters. The van der Waals surface area contributed by atoms with Crippen molar-refractivity contribution in [1.82, 2.24) is 15.2 Å². The van der Waals surface area contributed by atoms with Gasteiger partial charge in [-0.15, -0.1) is 0 Å². The fourth-order valence-corrected chi connectivity index (χ4v) is 3.19. The van der Waals surface area contributed by atoms with Gasteiger partial charge in [0.05, 0.1) is 17.1 Å². The van der Waals surface area contributed by atoms with Gasteiger partial charge in [0.1, 0.15) is 5.75 Å². The third-order valence-corrected chi connectivity index (χ3v) is 4.64. The van der Waals surface area contributed by atoms with Gasteiger partial charge >= 0.3 is 0 Å². The number of aromatic nitrogens is 1. The van der Waals surface area contributed by atoms with E-state index < -0.39 is 0 Å². The summed E-state index contributed by atoms with van der Waals surface area (Å²) in [6.45, 7) is 2.04. The minimum Gasteiger partial charge on any atom is -0.497 e. The molecule has 3 rings (SSSR count). The molecule has 1 aromatic heterocycles. The van der Waals surface area contributed by atoms with Crippen LogP contribution in [0.1, 0.15) is 5.56 Å². The van der Waals surface area contributed by atoms with Gasteiger partial charge in [0.15, 0.2) is 0 Å². The van der Waals surface area contributed by atoms with Gasteiger partial charge in [-0.05, 0) is 45.8 Å². The number of nitrogens with one attached hydrogen (secondary N) is 2. The van der Waals surface area contributed by atoms with Crippen LogP contribution in [-0.2, 0) is 12.1 Å². The minimum absolute atomic E-state index is 0.0240. The molecule has 2 heterocycles. The Bertz CT molecular complexity index is 706. The summed E-state index contributed by atoms with van der Waals surface area (Å²) in [5, 5.41) is 6.82. The van der Waals surface area contributed by atoms with E-state index in [0.717, 1.165) is 24.5 Å². The van der Waals surface area contributed by atoms with E-state index in [4.69, 9.17) is 4.74 Å². The molecule has 0 saturated carbocycles. The van der Waals surface area contributed by atoms with E-state index in [1.807, 2.05) is 36.5 Å². The zero-order valence-electron chi connectivity index (χ0n) is 12.3. The standard InChI is InChI=1S/C16H18BrN3O2/c1-22-13-6-4-12(5-7-13)16(9-18-11-19-16)10-20-8-2-3-14(17)15(20)21/h2-8,18-19H,9-11H2,1H3. The molecule has 1 aliphatic heterocycles. The fraction of sp³-hybridized carbons (Fsp3) is 0.312. The largest absolute Gasteiger partial charge is 0.497 e. The summed E-state index contributed by atoms with van der Waals surface area (Å²) >= 11 is 3.30. The Morgan fingerprint density at radius 2 is 2.09 bits per heavy atom. The Labute approximate surface area is 137 Å². The van der Waals surface area contributed by atoms with Gasteiger partial charge < -0.3 is 14.6 Å². The summed E-state index contributed by atoms with van der Waals surface area (Å²) in [6.07, 6.45) is 1.82. The predicted octanol–water partition coefficient (Wildman–Crippen LogP) is 1.67. The Morgan fingerprint density at radius 1 is 1.32 bits per heavy atom. The van der Waals surface area contributed by atoms with Gasteiger partial charge in [-0.3, -0.25) is 10.1 Å². The zero-order chi connectivity index (χ0) is 15.6. The highest BCUT2D eigenvalue weighted by Gasteiger charge is 2.36. The van der Waals surface area contributed by atoms with Crippen molar-refractivity contribution in [2.75, 3.05) is 20.3 Å². The van der Waals surface area contributed by atoms with E-state index >= 15 is 0 Å². The molecule has 6 heteroatoms. The van der Waals surface area contributed by atoms with Crippen molar-refractivity contribution >= 4 is 15.9 Å². The highest BCUT2D eigenvalue weighted by atomic mass is 79.9. The first-order valence-electron chi connectivity index (χ1n) is 7.10. The van der Waals surface area contributed by atoms with Crippen LogP contribution in [0.4, 0.5) is 0 Å². The Balaban J connectivity index is 1.97. The van der Waals surface area contributed by atoms with Gasteiger partial charge in [-0.2, -0.15) is 0 Å². The lowest BCUT2D eigenvalue weighted by molar-refractivity contribution is 0.345. The van der Waals surface area contributed by atoms with Crippen LogP contribution in [0, 0.1) is 0 Å². The maximum Gasteiger partial charge on any atom is 0.264 e. The third-order valence-electron chi connectivity index (χ3n) is 4.04. The van der Waals surface area contributed by atoms with Crippen molar-refractivity contribution in [3.8, 4) is 5.75 Å². The smallest absolute Gasteiger partial charge is 0.264 e. The summed E-state index contributed by atoms with van der Waals surface area (Å²) in [7, 11) is 1.65. The highest BCUT2D eigenvalue weighted by Crippen LogP contribution is 2.27. The molecule has 1 unspecified atom stereocenters. The van der Waals surface area contributed by atoms with Crippen molar-refractivity contribution in [3.63, 3.8) is 0 Å². The van der Waals surface area contributed by atoms with Crippen LogP contribution in [0.15, 0.2) is 51.9 Å². The van der Waals surface area contributed by atoms with Crippen LogP contribution in [0.25, 0.3) is 0 Å². The number of hydrogen-bond acceptors (Lipinski definition) is 4. The number of pyridine rings is 1. The Kier molecular flexibility index (Phi) is 4.33. The topological polar surface area (TPSA) is 55.3 Å². The number of methoxy groups -OCH3 is 1. The molecule has 1 aliphatic rings. The molecule has 5 nitrogen and oxygen atoms in total. The summed E-state index contributed by atoms with van der Waals surface area (Å²) in [4.78, 5) is 12.3. The molecule has 1 aromatic carbocycles. The Morgan fingerprint density at radius 3 is 2.73 bits per heavy atom. The number of nitrogens with zero attached hydrogens (tertiary/aromatic N) is 1. The molecule has 1 fully saturated rings. The minimum atomic E-state index is -0.309. The average Bonchev–Trinajstić information content (AvgIpc) is 3.02. The van der Waals surface area contributed by atoms with Crippen molar-refractivity contribution in [1.29, 1.82) is 0 Å². The summed E-state index contributed by atoms with van der Waals surface area (Å²) in [6, 6.07) is 11.6. The summed E-state index contributed by atoms with van der Waals surface area (Å²) < 4.78 is 7.53. The summed E-state index contributed by atoms with van der Waals surface area (Å²) in [5.74, 6) is 0.824. The van der Waals surface area contributed by atoms with Crippen molar-refractivity contribution in [2.45, 2.75) is 12.1 Å². The van der Waals surface area contributed by atoms with E-state index in [2.05, 4.69) is 26.6 Å². The monoisotopic (exact) mass is 363 g/mol. The molecule has 0 bridgehead atoms. The van der Waals surface area contributed by atoms with Crippen molar-refractivity contribution < 1.29 is 4.74 Å². The van der Waals surface area contributed by atoms with Crippen LogP contribution >= 0.6 is 15.9 Å². The first kappa shape index (κ1) is 15.3. The van der Waals surface area contributed by atoms with E-state index in [-0.39, 0.29) is 11.1 Å². The van der Waals surface area contributed by atoms with Crippen molar-refractivity contribution in [2.24, 2.45) is 0 Å². The van der Waals surface area contributed by atoms with Gasteiger partial charge in [0, 0.05) is 26.0 Å². The second-order valence-corrected chi connectivity index (χ2v) is 6.23. The SMILES string of the molecule is COc1ccc(C2(Cn3cccc(Br)c3=O)CNCN2)cc1. The van der Waals surface area contributed by atoms with Crippen LogP contribution in [0.3, 0.4) is 0 Å². The maximum absolute atomic E-state index is 12.3. The van der Waals surface area contributed by atoms with Gasteiger partial charge in [-0.1, -0.05) is 12.1 Å². The zero-order valence-corrected chi connectivity index (χ0v) is 13.9. The predicted molar refractivity (Wildman–Crippen MR) is 89.1 cm³/mol. The molecular formula is C16H18BrN3O2. The van der Waals surface area contributed by atoms with Crippen LogP contribution in [0.5, 0.6) is 5.75 Å². The van der Waals surface area contributed by atoms with E-state index in [0.29, 0.717) is 11.0 Å². The molecule has 0 spiro atoms. The molecular weight excluding hydrogens is 346 g/mol. The average molecular weight is 364 g/mol. The second kappa shape index (κ2) is 6.24. The number of rotatable bonds is 4. The number of ether oxygens (including phenoxy) is 1. The van der Waals surface area contributed by atoms with Crippen LogP contribution < -0.4 is 20.9 Å². The lowest BCUT2D eigenvalue weighted by Crippen LogP contribution is -2.45. The van der Waals surface area contributed by atoms with E-state index in [9.17, 15) is 4.79 Å². The second-order valence-electron chi connectivity index (χ2n) is 5.38. The fourth-order valence-electron chi connectivity index (χ4n) is 2.81. The third kappa shape index (κ3) is 2.82. The molecule has 2 aromatic rings. The molecule has 1 saturated heterocycles. The van der Waals surface area contributed by atoms with Crippen LogP contribution in [0.2, 0.25) is 0 Å². The van der Waals surface area contributed by atoms with Gasteiger partial charge in [0.2, 0.25) is 0 Å². The number of benzene rings is 1. The molecule has 0 amide bonds. The maximum atomic E-state index is 12.3. The van der Waals surface area contributed by atoms with Gasteiger partial charge in [0.25, 0.3) is 5.56 Å². The normalized spacial score (nSPS) is 21.0. The molecule has 0 radical (unpaired) electrons. The number of halogens is 1. The molecule has 22 heavy (non-hydrogen) atoms. The molecule has 116 valence electrons. The van der Waals surface area contributed by atoms with E-state index in [1.165, 1.54) is 0 Å². The first-order valence-corrected chi connectivity index (χ1v) is 7.89. The van der Waals surface area contributed by atoms with E-state index in [1.54, 1.807) is 17.7 Å². The molecule has 0 aliphatic carbocycles.